The van der Waals surface area contributed by atoms with Crippen LogP contribution in [0.2, 0.25) is 0 Å². The molecule has 0 aliphatic carbocycles. The highest BCUT2D eigenvalue weighted by molar-refractivity contribution is 5.19. The summed E-state index contributed by atoms with van der Waals surface area (Å²) in [6.45, 7) is 3.70. The van der Waals surface area contributed by atoms with Crippen LogP contribution in [0.5, 0.6) is 5.75 Å². The molecule has 1 rings (SSSR count). The molecule has 4 nitrogen and oxygen atoms in total. The summed E-state index contributed by atoms with van der Waals surface area (Å²) < 4.78 is 10.5. The Morgan fingerprint density at radius 1 is 1.36 bits per heavy atom. The molecule has 78 valence electrons. The highest BCUT2D eigenvalue weighted by Gasteiger charge is 1.95. The van der Waals surface area contributed by atoms with E-state index in [1.165, 1.54) is 0 Å². The fourth-order valence-corrected chi connectivity index (χ4v) is 0.953. The molecule has 1 aromatic heterocycles. The molecular weight excluding hydrogens is 182 g/mol. The highest BCUT2D eigenvalue weighted by Crippen LogP contribution is 2.08. The molecule has 0 spiro atoms. The second kappa shape index (κ2) is 6.34. The van der Waals surface area contributed by atoms with Gasteiger partial charge in [0.05, 0.1) is 25.1 Å². The van der Waals surface area contributed by atoms with Crippen molar-refractivity contribution in [2.75, 3.05) is 19.8 Å². The molecule has 0 unspecified atom stereocenters. The minimum atomic E-state index is -0.0424. The van der Waals surface area contributed by atoms with E-state index in [4.69, 9.17) is 14.6 Å². The average molecular weight is 197 g/mol. The molecular formula is C10H15NO3. The summed E-state index contributed by atoms with van der Waals surface area (Å²) in [6.07, 6.45) is 1.59. The van der Waals surface area contributed by atoms with Crippen molar-refractivity contribution < 1.29 is 14.6 Å². The van der Waals surface area contributed by atoms with Crippen LogP contribution in [-0.4, -0.2) is 29.9 Å². The molecule has 1 aromatic rings. The van der Waals surface area contributed by atoms with Gasteiger partial charge in [-0.05, 0) is 19.1 Å². The SMILES string of the molecule is CCOCCOc1ccc(CO)nc1. The van der Waals surface area contributed by atoms with Gasteiger partial charge in [-0.1, -0.05) is 0 Å². The first-order chi connectivity index (χ1) is 6.86. The predicted molar refractivity (Wildman–Crippen MR) is 52.1 cm³/mol. The molecule has 1 heterocycles. The molecule has 0 atom stereocenters. The van der Waals surface area contributed by atoms with E-state index in [1.807, 2.05) is 6.92 Å². The van der Waals surface area contributed by atoms with E-state index >= 15 is 0 Å². The van der Waals surface area contributed by atoms with Crippen molar-refractivity contribution in [1.29, 1.82) is 0 Å². The summed E-state index contributed by atoms with van der Waals surface area (Å²) in [6, 6.07) is 3.51. The van der Waals surface area contributed by atoms with Crippen molar-refractivity contribution in [3.63, 3.8) is 0 Å². The van der Waals surface area contributed by atoms with Gasteiger partial charge in [-0.2, -0.15) is 0 Å². The zero-order chi connectivity index (χ0) is 10.2. The maximum absolute atomic E-state index is 8.75. The number of pyridine rings is 1. The Bertz CT molecular complexity index is 248. The number of hydrogen-bond acceptors (Lipinski definition) is 4. The first-order valence-corrected chi connectivity index (χ1v) is 4.63. The van der Waals surface area contributed by atoms with Gasteiger partial charge in [-0.3, -0.25) is 4.98 Å². The van der Waals surface area contributed by atoms with Gasteiger partial charge >= 0.3 is 0 Å². The third-order valence-corrected chi connectivity index (χ3v) is 1.66. The Morgan fingerprint density at radius 2 is 2.21 bits per heavy atom. The van der Waals surface area contributed by atoms with Crippen molar-refractivity contribution in [3.8, 4) is 5.75 Å². The van der Waals surface area contributed by atoms with Crippen LogP contribution >= 0.6 is 0 Å². The Balaban J connectivity index is 2.29. The number of aromatic nitrogens is 1. The Morgan fingerprint density at radius 3 is 2.79 bits per heavy atom. The largest absolute Gasteiger partial charge is 0.490 e. The number of aliphatic hydroxyl groups excluding tert-OH is 1. The van der Waals surface area contributed by atoms with Gasteiger partial charge < -0.3 is 14.6 Å². The van der Waals surface area contributed by atoms with Gasteiger partial charge in [0.25, 0.3) is 0 Å². The molecule has 0 saturated carbocycles. The topological polar surface area (TPSA) is 51.6 Å². The van der Waals surface area contributed by atoms with Crippen LogP contribution in [0.4, 0.5) is 0 Å². The molecule has 4 heteroatoms. The van der Waals surface area contributed by atoms with Crippen LogP contribution in [0.15, 0.2) is 18.3 Å². The van der Waals surface area contributed by atoms with E-state index < -0.39 is 0 Å². The van der Waals surface area contributed by atoms with E-state index in [9.17, 15) is 0 Å². The fourth-order valence-electron chi connectivity index (χ4n) is 0.953. The molecule has 1 N–H and O–H groups in total. The average Bonchev–Trinajstić information content (AvgIpc) is 2.25. The van der Waals surface area contributed by atoms with Gasteiger partial charge in [0.15, 0.2) is 0 Å². The lowest BCUT2D eigenvalue weighted by molar-refractivity contribution is 0.110. The lowest BCUT2D eigenvalue weighted by Crippen LogP contribution is -2.06. The van der Waals surface area contributed by atoms with Gasteiger partial charge in [-0.25, -0.2) is 0 Å². The zero-order valence-corrected chi connectivity index (χ0v) is 8.27. The quantitative estimate of drug-likeness (QED) is 0.691. The first kappa shape index (κ1) is 10.9. The lowest BCUT2D eigenvalue weighted by atomic mass is 10.3. The Kier molecular flexibility index (Phi) is 4.96. The van der Waals surface area contributed by atoms with E-state index in [0.717, 1.165) is 0 Å². The minimum absolute atomic E-state index is 0.0424. The summed E-state index contributed by atoms with van der Waals surface area (Å²) in [5, 5.41) is 8.75. The van der Waals surface area contributed by atoms with Crippen LogP contribution in [-0.2, 0) is 11.3 Å². The number of hydrogen-bond donors (Lipinski definition) is 1. The van der Waals surface area contributed by atoms with E-state index in [-0.39, 0.29) is 6.61 Å². The Hall–Kier alpha value is -1.13. The molecule has 0 bridgehead atoms. The van der Waals surface area contributed by atoms with Crippen molar-refractivity contribution in [2.45, 2.75) is 13.5 Å². The number of nitrogens with zero attached hydrogens (tertiary/aromatic N) is 1. The second-order valence-electron chi connectivity index (χ2n) is 2.69. The minimum Gasteiger partial charge on any atom is -0.490 e. The summed E-state index contributed by atoms with van der Waals surface area (Å²) in [4.78, 5) is 3.98. The van der Waals surface area contributed by atoms with Crippen molar-refractivity contribution in [3.05, 3.63) is 24.0 Å². The molecule has 0 saturated heterocycles. The summed E-state index contributed by atoms with van der Waals surface area (Å²) in [5.74, 6) is 0.696. The zero-order valence-electron chi connectivity index (χ0n) is 8.27. The maximum atomic E-state index is 8.75. The normalized spacial score (nSPS) is 10.1. The summed E-state index contributed by atoms with van der Waals surface area (Å²) in [5.41, 5.74) is 0.641. The van der Waals surface area contributed by atoms with E-state index in [2.05, 4.69) is 4.98 Å². The van der Waals surface area contributed by atoms with E-state index in [0.29, 0.717) is 31.3 Å². The fraction of sp³-hybridized carbons (Fsp3) is 0.500. The molecule has 0 aliphatic heterocycles. The number of ether oxygens (including phenoxy) is 2. The van der Waals surface area contributed by atoms with Crippen LogP contribution in [0.3, 0.4) is 0 Å². The third kappa shape index (κ3) is 3.72. The second-order valence-corrected chi connectivity index (χ2v) is 2.69. The smallest absolute Gasteiger partial charge is 0.137 e. The van der Waals surface area contributed by atoms with Crippen LogP contribution in [0.1, 0.15) is 12.6 Å². The lowest BCUT2D eigenvalue weighted by Gasteiger charge is -2.05. The number of rotatable bonds is 6. The highest BCUT2D eigenvalue weighted by atomic mass is 16.5. The van der Waals surface area contributed by atoms with Crippen molar-refractivity contribution >= 4 is 0 Å². The summed E-state index contributed by atoms with van der Waals surface area (Å²) >= 11 is 0. The standard InChI is InChI=1S/C10H15NO3/c1-2-13-5-6-14-10-4-3-9(8-12)11-7-10/h3-4,7,12H,2,5-6,8H2,1H3. The molecule has 0 aromatic carbocycles. The first-order valence-electron chi connectivity index (χ1n) is 4.63. The van der Waals surface area contributed by atoms with Gasteiger partial charge in [-0.15, -0.1) is 0 Å². The van der Waals surface area contributed by atoms with Crippen molar-refractivity contribution in [2.24, 2.45) is 0 Å². The van der Waals surface area contributed by atoms with Gasteiger partial charge in [0.1, 0.15) is 12.4 Å². The summed E-state index contributed by atoms with van der Waals surface area (Å²) in [7, 11) is 0. The van der Waals surface area contributed by atoms with Crippen molar-refractivity contribution in [1.82, 2.24) is 4.98 Å². The molecule has 0 amide bonds. The van der Waals surface area contributed by atoms with Crippen LogP contribution in [0, 0.1) is 0 Å². The molecule has 0 radical (unpaired) electrons. The third-order valence-electron chi connectivity index (χ3n) is 1.66. The molecule has 14 heavy (non-hydrogen) atoms. The molecule has 0 aliphatic rings. The Labute approximate surface area is 83.5 Å². The van der Waals surface area contributed by atoms with Gasteiger partial charge in [0.2, 0.25) is 0 Å². The van der Waals surface area contributed by atoms with Crippen LogP contribution < -0.4 is 4.74 Å². The van der Waals surface area contributed by atoms with Gasteiger partial charge in [0, 0.05) is 6.61 Å². The maximum Gasteiger partial charge on any atom is 0.137 e. The molecule has 0 fully saturated rings. The monoisotopic (exact) mass is 197 g/mol. The number of aliphatic hydroxyl groups is 1. The predicted octanol–water partition coefficient (Wildman–Crippen LogP) is 0.989. The van der Waals surface area contributed by atoms with E-state index in [1.54, 1.807) is 18.3 Å². The van der Waals surface area contributed by atoms with Crippen LogP contribution in [0.25, 0.3) is 0 Å².